The predicted molar refractivity (Wildman–Crippen MR) is 53.9 cm³/mol. The third kappa shape index (κ3) is 2.84. The minimum absolute atomic E-state index is 0.0776. The van der Waals surface area contributed by atoms with Crippen LogP contribution in [0.5, 0.6) is 0 Å². The van der Waals surface area contributed by atoms with Gasteiger partial charge in [-0.3, -0.25) is 0 Å². The smallest absolute Gasteiger partial charge is 0.404 e. The van der Waals surface area contributed by atoms with E-state index in [4.69, 9.17) is 17.3 Å². The molecule has 3 N–H and O–H groups in total. The summed E-state index contributed by atoms with van der Waals surface area (Å²) < 4.78 is 0. The Hall–Kier alpha value is -0.840. The first-order chi connectivity index (χ1) is 6.13. The molecule has 1 aliphatic carbocycles. The van der Waals surface area contributed by atoms with Gasteiger partial charge in [-0.1, -0.05) is 12.2 Å². The Labute approximate surface area is 82.7 Å². The Bertz CT molecular complexity index is 220. The van der Waals surface area contributed by atoms with Crippen LogP contribution in [0.2, 0.25) is 0 Å². The topological polar surface area (TPSA) is 61.4 Å². The number of carboxylic acid groups (broad SMARTS) is 1. The van der Waals surface area contributed by atoms with Crippen molar-refractivity contribution in [3.05, 3.63) is 0 Å². The highest BCUT2D eigenvalue weighted by molar-refractivity contribution is 7.80. The van der Waals surface area contributed by atoms with E-state index >= 15 is 0 Å². The molecule has 0 aromatic heterocycles. The first-order valence-electron chi connectivity index (χ1n) is 4.34. The molecule has 0 radical (unpaired) electrons. The SMILES string of the molecule is CNC(=S)[C@@H]1CC[C@H](NC(=O)O)C1. The summed E-state index contributed by atoms with van der Waals surface area (Å²) in [6.45, 7) is 0. The van der Waals surface area contributed by atoms with Crippen molar-refractivity contribution in [2.75, 3.05) is 7.05 Å². The van der Waals surface area contributed by atoms with Crippen LogP contribution in [0, 0.1) is 5.92 Å². The third-order valence-electron chi connectivity index (χ3n) is 2.38. The van der Waals surface area contributed by atoms with Crippen LogP contribution in [0.1, 0.15) is 19.3 Å². The lowest BCUT2D eigenvalue weighted by Gasteiger charge is -2.11. The maximum Gasteiger partial charge on any atom is 0.404 e. The number of thiocarbonyl (C=S) groups is 1. The number of hydrogen-bond acceptors (Lipinski definition) is 2. The second kappa shape index (κ2) is 4.41. The second-order valence-electron chi connectivity index (χ2n) is 3.27. The zero-order chi connectivity index (χ0) is 9.84. The van der Waals surface area contributed by atoms with Crippen LogP contribution in [0.25, 0.3) is 0 Å². The van der Waals surface area contributed by atoms with E-state index in [0.717, 1.165) is 24.3 Å². The molecule has 1 saturated carbocycles. The molecular weight excluding hydrogens is 188 g/mol. The van der Waals surface area contributed by atoms with Crippen molar-refractivity contribution in [2.45, 2.75) is 25.3 Å². The van der Waals surface area contributed by atoms with Gasteiger partial charge >= 0.3 is 6.09 Å². The van der Waals surface area contributed by atoms with Crippen LogP contribution < -0.4 is 10.6 Å². The normalized spacial score (nSPS) is 26.8. The Morgan fingerprint density at radius 2 is 2.23 bits per heavy atom. The molecule has 1 fully saturated rings. The summed E-state index contributed by atoms with van der Waals surface area (Å²) in [6, 6.07) is 0.0776. The monoisotopic (exact) mass is 202 g/mol. The highest BCUT2D eigenvalue weighted by Crippen LogP contribution is 2.26. The number of amides is 1. The number of hydrogen-bond donors (Lipinski definition) is 3. The fourth-order valence-corrected chi connectivity index (χ4v) is 1.94. The molecule has 0 bridgehead atoms. The fourth-order valence-electron chi connectivity index (χ4n) is 1.73. The fraction of sp³-hybridized carbons (Fsp3) is 0.750. The van der Waals surface area contributed by atoms with Gasteiger partial charge in [-0.15, -0.1) is 0 Å². The molecule has 0 saturated heterocycles. The Morgan fingerprint density at radius 1 is 1.54 bits per heavy atom. The average Bonchev–Trinajstić information content (AvgIpc) is 2.50. The Balaban J connectivity index is 2.36. The van der Waals surface area contributed by atoms with Gasteiger partial charge in [0.2, 0.25) is 0 Å². The molecule has 4 nitrogen and oxygen atoms in total. The van der Waals surface area contributed by atoms with Crippen molar-refractivity contribution >= 4 is 23.3 Å². The lowest BCUT2D eigenvalue weighted by atomic mass is 10.1. The van der Waals surface area contributed by atoms with E-state index in [-0.39, 0.29) is 6.04 Å². The molecule has 74 valence electrons. The summed E-state index contributed by atoms with van der Waals surface area (Å²) in [5, 5.41) is 13.9. The van der Waals surface area contributed by atoms with Gasteiger partial charge in [0.05, 0.1) is 4.99 Å². The van der Waals surface area contributed by atoms with Gasteiger partial charge in [0, 0.05) is 19.0 Å². The molecule has 0 aromatic carbocycles. The van der Waals surface area contributed by atoms with E-state index in [0.29, 0.717) is 5.92 Å². The second-order valence-corrected chi connectivity index (χ2v) is 3.71. The molecule has 0 heterocycles. The maximum atomic E-state index is 10.3. The zero-order valence-electron chi connectivity index (χ0n) is 7.54. The van der Waals surface area contributed by atoms with E-state index < -0.39 is 6.09 Å². The third-order valence-corrected chi connectivity index (χ3v) is 2.91. The van der Waals surface area contributed by atoms with Crippen LogP contribution in [0.4, 0.5) is 4.79 Å². The van der Waals surface area contributed by atoms with Crippen LogP contribution in [-0.4, -0.2) is 29.3 Å². The van der Waals surface area contributed by atoms with Crippen molar-refractivity contribution < 1.29 is 9.90 Å². The first-order valence-corrected chi connectivity index (χ1v) is 4.75. The minimum atomic E-state index is -0.943. The first kappa shape index (κ1) is 10.2. The molecule has 0 aliphatic heterocycles. The summed E-state index contributed by atoms with van der Waals surface area (Å²) in [4.78, 5) is 11.2. The van der Waals surface area contributed by atoms with Gasteiger partial charge in [0.15, 0.2) is 0 Å². The van der Waals surface area contributed by atoms with Crippen molar-refractivity contribution in [3.8, 4) is 0 Å². The number of rotatable bonds is 2. The molecule has 1 amide bonds. The summed E-state index contributed by atoms with van der Waals surface area (Å²) in [6.07, 6.45) is 1.75. The number of carbonyl (C=O) groups is 1. The zero-order valence-corrected chi connectivity index (χ0v) is 8.36. The predicted octanol–water partition coefficient (Wildman–Crippen LogP) is 0.969. The maximum absolute atomic E-state index is 10.3. The van der Waals surface area contributed by atoms with Crippen molar-refractivity contribution in [3.63, 3.8) is 0 Å². The van der Waals surface area contributed by atoms with E-state index in [9.17, 15) is 4.79 Å². The Kier molecular flexibility index (Phi) is 3.48. The van der Waals surface area contributed by atoms with Crippen molar-refractivity contribution in [2.24, 2.45) is 5.92 Å². The van der Waals surface area contributed by atoms with Gasteiger partial charge in [0.25, 0.3) is 0 Å². The molecule has 0 spiro atoms. The van der Waals surface area contributed by atoms with E-state index in [1.54, 1.807) is 7.05 Å². The van der Waals surface area contributed by atoms with Gasteiger partial charge in [-0.05, 0) is 19.3 Å². The molecular formula is C8H14N2O2S. The highest BCUT2D eigenvalue weighted by atomic mass is 32.1. The molecule has 13 heavy (non-hydrogen) atoms. The molecule has 1 rings (SSSR count). The lowest BCUT2D eigenvalue weighted by molar-refractivity contribution is 0.190. The van der Waals surface area contributed by atoms with Gasteiger partial charge < -0.3 is 15.7 Å². The molecule has 0 aromatic rings. The van der Waals surface area contributed by atoms with E-state index in [1.165, 1.54) is 0 Å². The van der Waals surface area contributed by atoms with Crippen LogP contribution in [0.15, 0.2) is 0 Å². The van der Waals surface area contributed by atoms with Gasteiger partial charge in [-0.2, -0.15) is 0 Å². The molecule has 5 heteroatoms. The Morgan fingerprint density at radius 3 is 2.77 bits per heavy atom. The molecule has 1 aliphatic rings. The quantitative estimate of drug-likeness (QED) is 0.584. The van der Waals surface area contributed by atoms with Crippen molar-refractivity contribution in [1.29, 1.82) is 0 Å². The standard InChI is InChI=1S/C8H14N2O2S/c1-9-7(13)5-2-3-6(4-5)10-8(11)12/h5-6,10H,2-4H2,1H3,(H,9,13)(H,11,12)/t5-,6+/m1/s1. The summed E-state index contributed by atoms with van der Waals surface area (Å²) in [7, 11) is 1.81. The van der Waals surface area contributed by atoms with Gasteiger partial charge in [-0.25, -0.2) is 4.79 Å². The van der Waals surface area contributed by atoms with E-state index in [1.807, 2.05) is 0 Å². The van der Waals surface area contributed by atoms with Gasteiger partial charge in [0.1, 0.15) is 0 Å². The molecule has 2 atom stereocenters. The summed E-state index contributed by atoms with van der Waals surface area (Å²) >= 11 is 5.10. The van der Waals surface area contributed by atoms with E-state index in [2.05, 4.69) is 10.6 Å². The summed E-state index contributed by atoms with van der Waals surface area (Å²) in [5.74, 6) is 0.344. The van der Waals surface area contributed by atoms with Crippen LogP contribution >= 0.6 is 12.2 Å². The lowest BCUT2D eigenvalue weighted by Crippen LogP contribution is -2.32. The molecule has 0 unspecified atom stereocenters. The highest BCUT2D eigenvalue weighted by Gasteiger charge is 2.27. The summed E-state index contributed by atoms with van der Waals surface area (Å²) in [5.41, 5.74) is 0. The number of nitrogens with one attached hydrogen (secondary N) is 2. The minimum Gasteiger partial charge on any atom is -0.465 e. The van der Waals surface area contributed by atoms with Crippen LogP contribution in [-0.2, 0) is 0 Å². The van der Waals surface area contributed by atoms with Crippen LogP contribution in [0.3, 0.4) is 0 Å². The van der Waals surface area contributed by atoms with Crippen molar-refractivity contribution in [1.82, 2.24) is 10.6 Å². The average molecular weight is 202 g/mol. The largest absolute Gasteiger partial charge is 0.465 e.